The van der Waals surface area contributed by atoms with E-state index in [2.05, 4.69) is 220 Å². The van der Waals surface area contributed by atoms with Crippen LogP contribution in [0.15, 0.2) is 231 Å². The second-order valence-corrected chi connectivity index (χ2v) is 18.6. The number of nitrogens with zero attached hydrogens (tertiary/aromatic N) is 3. The molecule has 14 aromatic rings. The summed E-state index contributed by atoms with van der Waals surface area (Å²) in [6.07, 6.45) is 0. The molecule has 0 amide bonds. The first kappa shape index (κ1) is 37.8. The summed E-state index contributed by atoms with van der Waals surface area (Å²) in [6.45, 7) is 0. The molecule has 0 fully saturated rings. The van der Waals surface area contributed by atoms with E-state index in [0.717, 1.165) is 56.1 Å². The zero-order chi connectivity index (χ0) is 44.2. The van der Waals surface area contributed by atoms with Crippen LogP contribution in [0.4, 0.5) is 21.5 Å². The predicted molar refractivity (Wildman–Crippen MR) is 283 cm³/mol. The van der Waals surface area contributed by atoms with Crippen LogP contribution in [-0.4, -0.2) is 9.13 Å². The SMILES string of the molecule is Fc1ccc(N(c2ccc(-c3ccc4c5cc6c(ccc7sc8ccccc8c76)cc5n(-c5ccccc5)c4c3)cc2)c2ccc3c4cc5ccccc5cc4n(-c4ccccc4)c3c2)cc1. The molecule has 314 valence electrons. The highest BCUT2D eigenvalue weighted by atomic mass is 32.1. The summed E-state index contributed by atoms with van der Waals surface area (Å²) in [5.74, 6) is -0.268. The average molecular weight is 876 g/mol. The van der Waals surface area contributed by atoms with Crippen LogP contribution in [0.3, 0.4) is 0 Å². The van der Waals surface area contributed by atoms with E-state index < -0.39 is 0 Å². The minimum atomic E-state index is -0.268. The van der Waals surface area contributed by atoms with Crippen LogP contribution in [-0.2, 0) is 0 Å². The van der Waals surface area contributed by atoms with Crippen molar-refractivity contribution in [2.24, 2.45) is 0 Å². The van der Waals surface area contributed by atoms with Gasteiger partial charge in [-0.15, -0.1) is 11.3 Å². The van der Waals surface area contributed by atoms with Gasteiger partial charge in [0.1, 0.15) is 5.82 Å². The van der Waals surface area contributed by atoms with Crippen molar-refractivity contribution in [2.75, 3.05) is 4.90 Å². The summed E-state index contributed by atoms with van der Waals surface area (Å²) < 4.78 is 22.0. The molecule has 0 N–H and O–H groups in total. The van der Waals surface area contributed by atoms with E-state index >= 15 is 0 Å². The van der Waals surface area contributed by atoms with Gasteiger partial charge in [-0.3, -0.25) is 0 Å². The molecule has 3 aromatic heterocycles. The number of rotatable bonds is 6. The number of fused-ring (bicyclic) bond motifs is 12. The van der Waals surface area contributed by atoms with Gasteiger partial charge in [-0.05, 0) is 148 Å². The summed E-state index contributed by atoms with van der Waals surface area (Å²) in [5.41, 5.74) is 11.9. The number of halogens is 1. The van der Waals surface area contributed by atoms with E-state index in [-0.39, 0.29) is 5.82 Å². The number of benzene rings is 11. The number of anilines is 3. The third-order valence-corrected chi connectivity index (χ3v) is 14.8. The molecule has 0 unspecified atom stereocenters. The Morgan fingerprint density at radius 3 is 1.58 bits per heavy atom. The van der Waals surface area contributed by atoms with Crippen molar-refractivity contribution in [3.63, 3.8) is 0 Å². The normalized spacial score (nSPS) is 12.0. The maximum Gasteiger partial charge on any atom is 0.123 e. The van der Waals surface area contributed by atoms with Gasteiger partial charge in [0.25, 0.3) is 0 Å². The molecule has 3 nitrogen and oxygen atoms in total. The van der Waals surface area contributed by atoms with Crippen molar-refractivity contribution in [1.29, 1.82) is 0 Å². The van der Waals surface area contributed by atoms with E-state index in [9.17, 15) is 4.39 Å². The highest BCUT2D eigenvalue weighted by Gasteiger charge is 2.20. The first-order valence-electron chi connectivity index (χ1n) is 22.7. The third kappa shape index (κ3) is 5.95. The zero-order valence-corrected chi connectivity index (χ0v) is 36.9. The molecular formula is C62H38FN3S. The van der Waals surface area contributed by atoms with Gasteiger partial charge in [-0.2, -0.15) is 0 Å². The molecule has 3 heterocycles. The topological polar surface area (TPSA) is 13.1 Å². The van der Waals surface area contributed by atoms with E-state index in [0.29, 0.717) is 0 Å². The molecule has 0 bridgehead atoms. The van der Waals surface area contributed by atoms with Crippen LogP contribution < -0.4 is 4.90 Å². The summed E-state index contributed by atoms with van der Waals surface area (Å²) in [4.78, 5) is 2.22. The number of hydrogen-bond acceptors (Lipinski definition) is 2. The van der Waals surface area contributed by atoms with Gasteiger partial charge in [-0.25, -0.2) is 4.39 Å². The number of para-hydroxylation sites is 2. The summed E-state index contributed by atoms with van der Waals surface area (Å²) >= 11 is 1.86. The summed E-state index contributed by atoms with van der Waals surface area (Å²) in [7, 11) is 0. The highest BCUT2D eigenvalue weighted by molar-refractivity contribution is 7.26. The van der Waals surface area contributed by atoms with Crippen molar-refractivity contribution in [2.45, 2.75) is 0 Å². The zero-order valence-electron chi connectivity index (χ0n) is 36.1. The highest BCUT2D eigenvalue weighted by Crippen LogP contribution is 2.44. The van der Waals surface area contributed by atoms with E-state index in [1.165, 1.54) is 80.9 Å². The smallest absolute Gasteiger partial charge is 0.123 e. The standard InChI is InChI=1S/C62H38FN3S/c63-44-23-27-48(28-24-44)64(49-29-31-51-54-33-40-11-7-8-12-41(40)34-57(54)66(59(51)37-49)46-15-5-2-6-16-46)47-25-19-39(20-26-47)42-21-30-50-55-38-53-43(22-32-61-62(53)52-17-9-10-18-60(52)67-61)36-58(55)65(56(50)35-42)45-13-3-1-4-14-45/h1-38H. The van der Waals surface area contributed by atoms with Crippen LogP contribution >= 0.6 is 11.3 Å². The largest absolute Gasteiger partial charge is 0.310 e. The Morgan fingerprint density at radius 1 is 0.328 bits per heavy atom. The molecule has 5 heteroatoms. The van der Waals surface area contributed by atoms with Crippen LogP contribution in [0.5, 0.6) is 0 Å². The average Bonchev–Trinajstić information content (AvgIpc) is 4.03. The van der Waals surface area contributed by atoms with Crippen molar-refractivity contribution in [1.82, 2.24) is 9.13 Å². The van der Waals surface area contributed by atoms with Crippen molar-refractivity contribution >= 4 is 114 Å². The Morgan fingerprint density at radius 2 is 0.866 bits per heavy atom. The minimum Gasteiger partial charge on any atom is -0.310 e. The molecule has 67 heavy (non-hydrogen) atoms. The van der Waals surface area contributed by atoms with Gasteiger partial charge in [0, 0.05) is 70.2 Å². The molecule has 0 aliphatic carbocycles. The fraction of sp³-hybridized carbons (Fsp3) is 0. The lowest BCUT2D eigenvalue weighted by Gasteiger charge is -2.26. The number of thiophene rings is 1. The van der Waals surface area contributed by atoms with Gasteiger partial charge >= 0.3 is 0 Å². The maximum atomic E-state index is 14.6. The molecule has 0 aliphatic heterocycles. The molecule has 11 aromatic carbocycles. The molecule has 0 aliphatic rings. The van der Waals surface area contributed by atoms with E-state index in [1.807, 2.05) is 23.5 Å². The Hall–Kier alpha value is -8.51. The lowest BCUT2D eigenvalue weighted by molar-refractivity contribution is 0.628. The molecule has 14 rings (SSSR count). The van der Waals surface area contributed by atoms with E-state index in [1.54, 1.807) is 0 Å². The Bertz CT molecular complexity index is 4260. The first-order valence-corrected chi connectivity index (χ1v) is 23.5. The Labute approximate surface area is 389 Å². The third-order valence-electron chi connectivity index (χ3n) is 13.7. The van der Waals surface area contributed by atoms with Crippen LogP contribution in [0.25, 0.3) is 108 Å². The second-order valence-electron chi connectivity index (χ2n) is 17.5. The fourth-order valence-electron chi connectivity index (χ4n) is 10.6. The van der Waals surface area contributed by atoms with Gasteiger partial charge in [0.2, 0.25) is 0 Å². The van der Waals surface area contributed by atoms with Crippen molar-refractivity contribution in [3.05, 3.63) is 236 Å². The fourth-order valence-corrected chi connectivity index (χ4v) is 11.7. The number of aromatic nitrogens is 2. The van der Waals surface area contributed by atoms with Crippen LogP contribution in [0.2, 0.25) is 0 Å². The van der Waals surface area contributed by atoms with Gasteiger partial charge in [0.15, 0.2) is 0 Å². The van der Waals surface area contributed by atoms with Crippen molar-refractivity contribution in [3.8, 4) is 22.5 Å². The summed E-state index contributed by atoms with van der Waals surface area (Å²) in [6, 6.07) is 81.8. The maximum absolute atomic E-state index is 14.6. The monoisotopic (exact) mass is 875 g/mol. The second kappa shape index (κ2) is 14.8. The molecule has 0 spiro atoms. The Balaban J connectivity index is 0.922. The van der Waals surface area contributed by atoms with E-state index in [4.69, 9.17) is 0 Å². The summed E-state index contributed by atoms with van der Waals surface area (Å²) in [5, 5.41) is 12.4. The molecule has 0 saturated carbocycles. The van der Waals surface area contributed by atoms with Gasteiger partial charge in [0.05, 0.1) is 22.1 Å². The number of hydrogen-bond donors (Lipinski definition) is 0. The molecule has 0 radical (unpaired) electrons. The van der Waals surface area contributed by atoms with Crippen LogP contribution in [0.1, 0.15) is 0 Å². The Kier molecular flexibility index (Phi) is 8.33. The van der Waals surface area contributed by atoms with Crippen LogP contribution in [0, 0.1) is 5.82 Å². The molecule has 0 saturated heterocycles. The lowest BCUT2D eigenvalue weighted by atomic mass is 10.00. The lowest BCUT2D eigenvalue weighted by Crippen LogP contribution is -2.10. The minimum absolute atomic E-state index is 0.268. The van der Waals surface area contributed by atoms with Gasteiger partial charge in [-0.1, -0.05) is 115 Å². The van der Waals surface area contributed by atoms with Gasteiger partial charge < -0.3 is 14.0 Å². The molecule has 0 atom stereocenters. The van der Waals surface area contributed by atoms with Crippen molar-refractivity contribution < 1.29 is 4.39 Å². The molecular weight excluding hydrogens is 838 g/mol. The predicted octanol–water partition coefficient (Wildman–Crippen LogP) is 17.8. The quantitative estimate of drug-likeness (QED) is 0.162. The first-order chi connectivity index (χ1) is 33.1.